The minimum Gasteiger partial charge on any atom is -0.356 e. The van der Waals surface area contributed by atoms with Crippen molar-refractivity contribution in [1.29, 1.82) is 0 Å². The number of fused-ring (bicyclic) bond motifs is 1. The van der Waals surface area contributed by atoms with Gasteiger partial charge in [0.2, 0.25) is 0 Å². The first-order valence-corrected chi connectivity index (χ1v) is 10.1. The average molecular weight is 368 g/mol. The molecular weight excluding hydrogens is 334 g/mol. The van der Waals surface area contributed by atoms with Gasteiger partial charge < -0.3 is 10.6 Å². The first kappa shape index (κ1) is 19.6. The number of likely N-dealkylation sites (tertiary alicyclic amines) is 1. The molecule has 146 valence electrons. The zero-order valence-electron chi connectivity index (χ0n) is 17.0. The van der Waals surface area contributed by atoms with E-state index in [1.807, 2.05) is 19.3 Å². The van der Waals surface area contributed by atoms with Crippen LogP contribution in [0.4, 0.5) is 0 Å². The minimum absolute atomic E-state index is 0.137. The van der Waals surface area contributed by atoms with Gasteiger partial charge in [-0.05, 0) is 57.8 Å². The molecule has 1 aromatic carbocycles. The molecule has 0 radical (unpaired) electrons. The standard InChI is InChI=1S/C22H33N5/c1-22(2,27-15-5-4-6-16-27)17-26-21(23-3)25-14-12-19-10-7-9-18-11-8-13-24-20(18)19/h7-11,13H,4-6,12,14-17H2,1-3H3,(H2,23,25,26). The third-order valence-electron chi connectivity index (χ3n) is 5.53. The molecule has 2 N–H and O–H groups in total. The summed E-state index contributed by atoms with van der Waals surface area (Å²) in [6.45, 7) is 8.77. The number of aromatic nitrogens is 1. The summed E-state index contributed by atoms with van der Waals surface area (Å²) in [6.07, 6.45) is 6.78. The van der Waals surface area contributed by atoms with Gasteiger partial charge >= 0.3 is 0 Å². The SMILES string of the molecule is CN=C(NCCc1cccc2cccnc12)NCC(C)(C)N1CCCCC1. The molecule has 1 aliphatic rings. The van der Waals surface area contributed by atoms with Crippen molar-refractivity contribution >= 4 is 16.9 Å². The fourth-order valence-corrected chi connectivity index (χ4v) is 3.82. The summed E-state index contributed by atoms with van der Waals surface area (Å²) < 4.78 is 0. The van der Waals surface area contributed by atoms with Crippen molar-refractivity contribution in [2.45, 2.75) is 45.1 Å². The van der Waals surface area contributed by atoms with E-state index < -0.39 is 0 Å². The van der Waals surface area contributed by atoms with Crippen LogP contribution in [0.5, 0.6) is 0 Å². The average Bonchev–Trinajstić information content (AvgIpc) is 2.71. The second-order valence-corrected chi connectivity index (χ2v) is 7.95. The van der Waals surface area contributed by atoms with Gasteiger partial charge in [-0.2, -0.15) is 0 Å². The smallest absolute Gasteiger partial charge is 0.191 e. The van der Waals surface area contributed by atoms with Gasteiger partial charge in [-0.1, -0.05) is 30.7 Å². The van der Waals surface area contributed by atoms with Gasteiger partial charge in [0.15, 0.2) is 5.96 Å². The molecule has 1 fully saturated rings. The summed E-state index contributed by atoms with van der Waals surface area (Å²) in [5, 5.41) is 8.16. The molecule has 1 aromatic heterocycles. The highest BCUT2D eigenvalue weighted by molar-refractivity contribution is 5.82. The monoisotopic (exact) mass is 367 g/mol. The Kier molecular flexibility index (Phi) is 6.67. The zero-order valence-corrected chi connectivity index (χ0v) is 17.0. The highest BCUT2D eigenvalue weighted by Gasteiger charge is 2.27. The quantitative estimate of drug-likeness (QED) is 0.608. The third kappa shape index (κ3) is 5.19. The number of rotatable bonds is 6. The van der Waals surface area contributed by atoms with Crippen LogP contribution in [0, 0.1) is 0 Å². The Labute approximate surface area is 163 Å². The van der Waals surface area contributed by atoms with Gasteiger partial charge in [0.05, 0.1) is 5.52 Å². The molecule has 0 spiro atoms. The van der Waals surface area contributed by atoms with Crippen LogP contribution < -0.4 is 10.6 Å². The van der Waals surface area contributed by atoms with Crippen molar-refractivity contribution in [3.63, 3.8) is 0 Å². The van der Waals surface area contributed by atoms with E-state index >= 15 is 0 Å². The minimum atomic E-state index is 0.137. The van der Waals surface area contributed by atoms with E-state index in [9.17, 15) is 0 Å². The van der Waals surface area contributed by atoms with Gasteiger partial charge in [-0.15, -0.1) is 0 Å². The number of benzene rings is 1. The Morgan fingerprint density at radius 3 is 2.67 bits per heavy atom. The predicted octanol–water partition coefficient (Wildman–Crippen LogP) is 3.21. The lowest BCUT2D eigenvalue weighted by atomic mass is 9.98. The molecule has 3 rings (SSSR count). The van der Waals surface area contributed by atoms with Crippen LogP contribution in [0.2, 0.25) is 0 Å². The Balaban J connectivity index is 1.50. The maximum atomic E-state index is 4.54. The molecule has 1 saturated heterocycles. The molecule has 0 amide bonds. The van der Waals surface area contributed by atoms with Crippen molar-refractivity contribution < 1.29 is 0 Å². The van der Waals surface area contributed by atoms with Gasteiger partial charge in [0.25, 0.3) is 0 Å². The van der Waals surface area contributed by atoms with Gasteiger partial charge in [0.1, 0.15) is 0 Å². The maximum Gasteiger partial charge on any atom is 0.191 e. The topological polar surface area (TPSA) is 52.6 Å². The Morgan fingerprint density at radius 2 is 1.89 bits per heavy atom. The van der Waals surface area contributed by atoms with Gasteiger partial charge in [0, 0.05) is 37.3 Å². The van der Waals surface area contributed by atoms with E-state index in [1.165, 1.54) is 43.3 Å². The number of piperidine rings is 1. The summed E-state index contributed by atoms with van der Waals surface area (Å²) in [6, 6.07) is 10.5. The Morgan fingerprint density at radius 1 is 1.11 bits per heavy atom. The van der Waals surface area contributed by atoms with Crippen LogP contribution in [-0.4, -0.2) is 54.6 Å². The van der Waals surface area contributed by atoms with Crippen LogP contribution in [0.15, 0.2) is 41.5 Å². The first-order valence-electron chi connectivity index (χ1n) is 10.1. The van der Waals surface area contributed by atoms with Crippen molar-refractivity contribution in [3.8, 4) is 0 Å². The molecular formula is C22H33N5. The lowest BCUT2D eigenvalue weighted by Gasteiger charge is -2.41. The predicted molar refractivity (Wildman–Crippen MR) is 114 cm³/mol. The van der Waals surface area contributed by atoms with Crippen LogP contribution >= 0.6 is 0 Å². The Hall–Kier alpha value is -2.14. The molecule has 1 aliphatic heterocycles. The van der Waals surface area contributed by atoms with Crippen LogP contribution in [-0.2, 0) is 6.42 Å². The molecule has 0 bridgehead atoms. The van der Waals surface area contributed by atoms with Crippen molar-refractivity contribution in [2.75, 3.05) is 33.2 Å². The molecule has 0 saturated carbocycles. The first-order chi connectivity index (χ1) is 13.1. The van der Waals surface area contributed by atoms with E-state index in [4.69, 9.17) is 0 Å². The van der Waals surface area contributed by atoms with Crippen LogP contribution in [0.3, 0.4) is 0 Å². The number of guanidine groups is 1. The normalized spacial score (nSPS) is 16.5. The molecule has 0 atom stereocenters. The van der Waals surface area contributed by atoms with Crippen molar-refractivity contribution in [3.05, 3.63) is 42.1 Å². The fraction of sp³-hybridized carbons (Fsp3) is 0.545. The lowest BCUT2D eigenvalue weighted by molar-refractivity contribution is 0.0982. The van der Waals surface area contributed by atoms with Crippen LogP contribution in [0.25, 0.3) is 10.9 Å². The summed E-state index contributed by atoms with van der Waals surface area (Å²) >= 11 is 0. The number of hydrogen-bond acceptors (Lipinski definition) is 3. The van der Waals surface area contributed by atoms with E-state index in [0.717, 1.165) is 31.0 Å². The number of hydrogen-bond donors (Lipinski definition) is 2. The number of pyridine rings is 1. The highest BCUT2D eigenvalue weighted by atomic mass is 15.2. The Bertz CT molecular complexity index is 757. The second kappa shape index (κ2) is 9.18. The molecule has 2 aromatic rings. The second-order valence-electron chi connectivity index (χ2n) is 7.95. The number of nitrogens with one attached hydrogen (secondary N) is 2. The highest BCUT2D eigenvalue weighted by Crippen LogP contribution is 2.20. The van der Waals surface area contributed by atoms with E-state index in [0.29, 0.717) is 0 Å². The van der Waals surface area contributed by atoms with Gasteiger partial charge in [-0.3, -0.25) is 14.9 Å². The molecule has 27 heavy (non-hydrogen) atoms. The molecule has 2 heterocycles. The lowest BCUT2D eigenvalue weighted by Crippen LogP contribution is -2.55. The van der Waals surface area contributed by atoms with E-state index in [1.54, 1.807) is 0 Å². The summed E-state index contributed by atoms with van der Waals surface area (Å²) in [5.74, 6) is 0.869. The van der Waals surface area contributed by atoms with E-state index in [-0.39, 0.29) is 5.54 Å². The van der Waals surface area contributed by atoms with Gasteiger partial charge in [-0.25, -0.2) is 0 Å². The molecule has 5 nitrogen and oxygen atoms in total. The van der Waals surface area contributed by atoms with E-state index in [2.05, 4.69) is 63.6 Å². The number of para-hydroxylation sites is 1. The summed E-state index contributed by atoms with van der Waals surface area (Å²) in [5.41, 5.74) is 2.50. The fourth-order valence-electron chi connectivity index (χ4n) is 3.82. The number of nitrogens with zero attached hydrogens (tertiary/aromatic N) is 3. The van der Waals surface area contributed by atoms with Crippen molar-refractivity contribution in [1.82, 2.24) is 20.5 Å². The van der Waals surface area contributed by atoms with Crippen LogP contribution in [0.1, 0.15) is 38.7 Å². The molecule has 0 unspecified atom stereocenters. The molecule has 5 heteroatoms. The van der Waals surface area contributed by atoms with Crippen molar-refractivity contribution in [2.24, 2.45) is 4.99 Å². The molecule has 0 aliphatic carbocycles. The maximum absolute atomic E-state index is 4.54. The third-order valence-corrected chi connectivity index (χ3v) is 5.53. The zero-order chi connectivity index (χ0) is 19.1. The summed E-state index contributed by atoms with van der Waals surface area (Å²) in [7, 11) is 1.84. The largest absolute Gasteiger partial charge is 0.356 e. The summed E-state index contributed by atoms with van der Waals surface area (Å²) in [4.78, 5) is 11.5. The number of aliphatic imine (C=N–C) groups is 1.